The summed E-state index contributed by atoms with van der Waals surface area (Å²) in [6, 6.07) is 8.20. The lowest BCUT2D eigenvalue weighted by Crippen LogP contribution is -2.43. The van der Waals surface area contributed by atoms with E-state index in [-0.39, 0.29) is 10.4 Å². The van der Waals surface area contributed by atoms with Gasteiger partial charge in [0.15, 0.2) is 0 Å². The van der Waals surface area contributed by atoms with E-state index in [2.05, 4.69) is 26.0 Å². The monoisotopic (exact) mass is 400 g/mol. The molecule has 0 radical (unpaired) electrons. The molecule has 0 fully saturated rings. The molecule has 1 N–H and O–H groups in total. The molecule has 0 aliphatic carbocycles. The van der Waals surface area contributed by atoms with E-state index in [4.69, 9.17) is 4.28 Å². The number of aliphatic hydroxyl groups is 1. The van der Waals surface area contributed by atoms with Gasteiger partial charge < -0.3 is 5.11 Å². The second-order valence-corrected chi connectivity index (χ2v) is 9.56. The molecule has 0 bridgehead atoms. The highest BCUT2D eigenvalue weighted by molar-refractivity contribution is 7.86. The summed E-state index contributed by atoms with van der Waals surface area (Å²) in [7, 11) is -0.135. The van der Waals surface area contributed by atoms with E-state index in [1.54, 1.807) is 14.1 Å². The highest BCUT2D eigenvalue weighted by Gasteiger charge is 2.27. The van der Waals surface area contributed by atoms with Crippen LogP contribution in [0.4, 0.5) is 0 Å². The lowest BCUT2D eigenvalue weighted by atomic mass is 9.88. The Morgan fingerprint density at radius 1 is 1.00 bits per heavy atom. The van der Waals surface area contributed by atoms with Crippen molar-refractivity contribution in [3.63, 3.8) is 0 Å². The molecule has 5 nitrogen and oxygen atoms in total. The van der Waals surface area contributed by atoms with Crippen molar-refractivity contribution in [2.24, 2.45) is 0 Å². The summed E-state index contributed by atoms with van der Waals surface area (Å²) in [4.78, 5) is 0. The topological polar surface area (TPSA) is 63.6 Å². The maximum atomic E-state index is 11.9. The predicted molar refractivity (Wildman–Crippen MR) is 111 cm³/mol. The van der Waals surface area contributed by atoms with Crippen LogP contribution in [0.3, 0.4) is 0 Å². The average Bonchev–Trinajstić information content (AvgIpc) is 2.58. The Kier molecular flexibility index (Phi) is 9.95. The molecule has 0 saturated heterocycles. The van der Waals surface area contributed by atoms with Gasteiger partial charge in [-0.05, 0) is 36.3 Å². The van der Waals surface area contributed by atoms with Gasteiger partial charge in [-0.2, -0.15) is 13.1 Å². The molecule has 1 rings (SSSR count). The molecule has 1 aromatic rings. The first-order valence-corrected chi connectivity index (χ1v) is 11.8. The van der Waals surface area contributed by atoms with Crippen molar-refractivity contribution < 1.29 is 22.5 Å². The van der Waals surface area contributed by atoms with Gasteiger partial charge in [-0.1, -0.05) is 62.2 Å². The third-order valence-corrected chi connectivity index (χ3v) is 6.29. The largest absolute Gasteiger partial charge is 0.388 e. The van der Waals surface area contributed by atoms with Gasteiger partial charge in [0, 0.05) is 6.42 Å². The smallest absolute Gasteiger partial charge is 0.314 e. The summed E-state index contributed by atoms with van der Waals surface area (Å²) >= 11 is 0. The number of hydroxylamine groups is 3. The molecule has 0 saturated carbocycles. The van der Waals surface area contributed by atoms with E-state index in [0.29, 0.717) is 25.3 Å². The van der Waals surface area contributed by atoms with Crippen molar-refractivity contribution in [1.82, 2.24) is 0 Å². The molecule has 0 amide bonds. The van der Waals surface area contributed by atoms with Crippen molar-refractivity contribution in [2.75, 3.05) is 26.4 Å². The zero-order valence-corrected chi connectivity index (χ0v) is 18.5. The van der Waals surface area contributed by atoms with Crippen LogP contribution in [0.1, 0.15) is 82.4 Å². The van der Waals surface area contributed by atoms with Crippen LogP contribution in [0.15, 0.2) is 24.3 Å². The third-order valence-electron chi connectivity index (χ3n) is 4.75. The van der Waals surface area contributed by atoms with Crippen LogP contribution in [-0.2, 0) is 14.4 Å². The molecule has 1 aromatic carbocycles. The highest BCUT2D eigenvalue weighted by atomic mass is 32.2. The van der Waals surface area contributed by atoms with Crippen molar-refractivity contribution in [1.29, 1.82) is 0 Å². The first-order chi connectivity index (χ1) is 12.6. The maximum Gasteiger partial charge on any atom is 0.314 e. The quantitative estimate of drug-likeness (QED) is 0.390. The Labute approximate surface area is 166 Å². The zero-order chi connectivity index (χ0) is 20.5. The van der Waals surface area contributed by atoms with Gasteiger partial charge >= 0.3 is 10.1 Å². The van der Waals surface area contributed by atoms with Crippen molar-refractivity contribution in [3.8, 4) is 0 Å². The molecule has 0 spiro atoms. The molecule has 156 valence electrons. The van der Waals surface area contributed by atoms with Crippen LogP contribution in [0.2, 0.25) is 0 Å². The van der Waals surface area contributed by atoms with Crippen LogP contribution in [0.25, 0.3) is 0 Å². The van der Waals surface area contributed by atoms with Gasteiger partial charge in [0.25, 0.3) is 0 Å². The molecule has 1 atom stereocenters. The van der Waals surface area contributed by atoms with E-state index >= 15 is 0 Å². The Morgan fingerprint density at radius 2 is 1.59 bits per heavy atom. The van der Waals surface area contributed by atoms with Gasteiger partial charge in [0.2, 0.25) is 0 Å². The molecular formula is C21H38NO4S+. The fraction of sp³-hybridized carbons (Fsp3) is 0.714. The summed E-state index contributed by atoms with van der Waals surface area (Å²) < 4.78 is 29.0. The number of benzene rings is 1. The summed E-state index contributed by atoms with van der Waals surface area (Å²) in [5.41, 5.74) is 2.17. The van der Waals surface area contributed by atoms with Gasteiger partial charge in [-0.3, -0.25) is 0 Å². The molecular weight excluding hydrogens is 362 g/mol. The molecule has 1 unspecified atom stereocenters. The van der Waals surface area contributed by atoms with Crippen molar-refractivity contribution in [3.05, 3.63) is 35.4 Å². The number of hydrogen-bond donors (Lipinski definition) is 1. The van der Waals surface area contributed by atoms with Gasteiger partial charge in [0.05, 0.1) is 26.0 Å². The van der Waals surface area contributed by atoms with Crippen molar-refractivity contribution in [2.45, 2.75) is 71.3 Å². The van der Waals surface area contributed by atoms with E-state index in [1.165, 1.54) is 5.56 Å². The minimum absolute atomic E-state index is 0.00945. The van der Waals surface area contributed by atoms with Gasteiger partial charge in [-0.15, -0.1) is 0 Å². The molecule has 6 heteroatoms. The number of aliphatic hydroxyl groups excluding tert-OH is 1. The molecule has 0 aromatic heterocycles. The Bertz CT molecular complexity index is 652. The summed E-state index contributed by atoms with van der Waals surface area (Å²) in [5, 5.41) is 10.6. The van der Waals surface area contributed by atoms with Crippen molar-refractivity contribution >= 4 is 10.1 Å². The fourth-order valence-electron chi connectivity index (χ4n) is 3.43. The number of quaternary nitrogens is 1. The summed E-state index contributed by atoms with van der Waals surface area (Å²) in [6.45, 7) is 6.62. The fourth-order valence-corrected chi connectivity index (χ4v) is 4.69. The van der Waals surface area contributed by atoms with Crippen LogP contribution >= 0.6 is 0 Å². The lowest BCUT2D eigenvalue weighted by molar-refractivity contribution is -1.05. The first kappa shape index (κ1) is 24.1. The molecule has 0 heterocycles. The second-order valence-electron chi connectivity index (χ2n) is 7.88. The molecule has 0 aliphatic heterocycles. The van der Waals surface area contributed by atoms with Crippen LogP contribution in [0, 0.1) is 0 Å². The third kappa shape index (κ3) is 8.73. The SMILES string of the molecule is CCCC(CCC)c1cccc(C(O)CC[N+](C)(C)OS(=O)(=O)CCC)c1. The average molecular weight is 401 g/mol. The van der Waals surface area contributed by atoms with Gasteiger partial charge in [-0.25, -0.2) is 0 Å². The molecule has 0 aliphatic rings. The van der Waals surface area contributed by atoms with Crippen LogP contribution in [0.5, 0.6) is 0 Å². The maximum absolute atomic E-state index is 11.9. The minimum Gasteiger partial charge on any atom is -0.388 e. The van der Waals surface area contributed by atoms with Gasteiger partial charge in [0.1, 0.15) is 6.54 Å². The van der Waals surface area contributed by atoms with E-state index < -0.39 is 16.2 Å². The Morgan fingerprint density at radius 3 is 2.15 bits per heavy atom. The van der Waals surface area contributed by atoms with Crippen LogP contribution in [-0.4, -0.2) is 44.6 Å². The standard InChI is InChI=1S/C21H38NO4S/c1-6-10-18(11-7-2)19-12-9-13-20(17-19)21(23)14-15-22(4,5)26-27(24,25)16-8-3/h9,12-13,17-18,21,23H,6-8,10-11,14-16H2,1-5H3/q+1. The molecule has 27 heavy (non-hydrogen) atoms. The second kappa shape index (κ2) is 11.1. The minimum atomic E-state index is -3.54. The zero-order valence-electron chi connectivity index (χ0n) is 17.6. The lowest BCUT2D eigenvalue weighted by Gasteiger charge is -2.26. The number of rotatable bonds is 13. The van der Waals surface area contributed by atoms with E-state index in [0.717, 1.165) is 31.2 Å². The van der Waals surface area contributed by atoms with E-state index in [9.17, 15) is 13.5 Å². The predicted octanol–water partition coefficient (Wildman–Crippen LogP) is 4.54. The summed E-state index contributed by atoms with van der Waals surface area (Å²) in [5.74, 6) is 0.539. The number of nitrogens with zero attached hydrogens (tertiary/aromatic N) is 1. The Balaban J connectivity index is 2.77. The van der Waals surface area contributed by atoms with Crippen LogP contribution < -0.4 is 0 Å². The first-order valence-electron chi connectivity index (χ1n) is 10.2. The highest BCUT2D eigenvalue weighted by Crippen LogP contribution is 2.29. The van der Waals surface area contributed by atoms with E-state index in [1.807, 2.05) is 19.1 Å². The Hall–Kier alpha value is -0.950. The normalized spacial score (nSPS) is 13.9. The summed E-state index contributed by atoms with van der Waals surface area (Å²) in [6.07, 6.45) is 4.92. The number of hydrogen-bond acceptors (Lipinski definition) is 4.